The molecule has 0 amide bonds. The lowest BCUT2D eigenvalue weighted by Crippen LogP contribution is -2.39. The van der Waals surface area contributed by atoms with Crippen molar-refractivity contribution in [2.75, 3.05) is 14.1 Å². The second-order valence-electron chi connectivity index (χ2n) is 7.01. The molecule has 1 atom stereocenters. The Hall–Kier alpha value is -1.09. The highest BCUT2D eigenvalue weighted by Crippen LogP contribution is 2.42. The number of allylic oxidation sites excluding steroid dienone is 3. The van der Waals surface area contributed by atoms with Crippen molar-refractivity contribution in [2.45, 2.75) is 46.8 Å². The highest BCUT2D eigenvalue weighted by atomic mass is 16.5. The van der Waals surface area contributed by atoms with Crippen molar-refractivity contribution in [1.29, 1.82) is 0 Å². The number of hydrogen-bond donors (Lipinski definition) is 0. The molecule has 19 heavy (non-hydrogen) atoms. The maximum Gasteiger partial charge on any atom is 0.174 e. The molecule has 0 radical (unpaired) electrons. The van der Waals surface area contributed by atoms with Crippen molar-refractivity contribution in [2.24, 2.45) is 11.3 Å². The number of rotatable bonds is 2. The minimum Gasteiger partial charge on any atom is -0.475 e. The van der Waals surface area contributed by atoms with Crippen molar-refractivity contribution in [3.05, 3.63) is 23.0 Å². The zero-order chi connectivity index (χ0) is 14.4. The summed E-state index contributed by atoms with van der Waals surface area (Å²) in [5.74, 6) is 1.48. The van der Waals surface area contributed by atoms with Crippen LogP contribution in [0, 0.1) is 11.3 Å². The lowest BCUT2D eigenvalue weighted by atomic mass is 9.75. The molecule has 0 spiro atoms. The molecule has 0 bridgehead atoms. The van der Waals surface area contributed by atoms with Crippen molar-refractivity contribution >= 4 is 5.78 Å². The van der Waals surface area contributed by atoms with Gasteiger partial charge in [0, 0.05) is 12.8 Å². The molecule has 0 aromatic rings. The summed E-state index contributed by atoms with van der Waals surface area (Å²) in [7, 11) is 4.03. The number of ketones is 1. The van der Waals surface area contributed by atoms with E-state index in [2.05, 4.69) is 38.7 Å². The number of ether oxygens (including phenoxy) is 1. The SMILES string of the molecule is CC(C)C1=CC2=C(CC(C)(C)CC2=O)O[C@H]1N(C)C. The molecule has 0 aromatic heterocycles. The predicted molar refractivity (Wildman–Crippen MR) is 76.5 cm³/mol. The molecular weight excluding hydrogens is 238 g/mol. The Labute approximate surface area is 116 Å². The number of Topliss-reactive ketones (excluding diaryl/α,β-unsaturated/α-hetero) is 1. The average Bonchev–Trinajstić information content (AvgIpc) is 2.25. The van der Waals surface area contributed by atoms with Gasteiger partial charge in [-0.25, -0.2) is 0 Å². The first-order valence-electron chi connectivity index (χ1n) is 7.02. The first kappa shape index (κ1) is 14.3. The van der Waals surface area contributed by atoms with E-state index in [0.717, 1.165) is 17.8 Å². The van der Waals surface area contributed by atoms with Crippen LogP contribution in [-0.4, -0.2) is 31.0 Å². The summed E-state index contributed by atoms with van der Waals surface area (Å²) in [6, 6.07) is 0. The summed E-state index contributed by atoms with van der Waals surface area (Å²) in [4.78, 5) is 14.4. The van der Waals surface area contributed by atoms with Crippen molar-refractivity contribution in [3.63, 3.8) is 0 Å². The summed E-state index contributed by atoms with van der Waals surface area (Å²) < 4.78 is 6.15. The summed E-state index contributed by atoms with van der Waals surface area (Å²) >= 11 is 0. The van der Waals surface area contributed by atoms with E-state index in [1.165, 1.54) is 5.57 Å². The second-order valence-corrected chi connectivity index (χ2v) is 7.01. The van der Waals surface area contributed by atoms with Gasteiger partial charge in [0.15, 0.2) is 12.0 Å². The van der Waals surface area contributed by atoms with Gasteiger partial charge in [0.05, 0.1) is 5.57 Å². The van der Waals surface area contributed by atoms with Gasteiger partial charge in [0.2, 0.25) is 0 Å². The van der Waals surface area contributed by atoms with E-state index >= 15 is 0 Å². The van der Waals surface area contributed by atoms with Gasteiger partial charge in [0.25, 0.3) is 0 Å². The third-order valence-electron chi connectivity index (χ3n) is 3.86. The fraction of sp³-hybridized carbons (Fsp3) is 0.688. The molecule has 1 aliphatic heterocycles. The third kappa shape index (κ3) is 2.76. The van der Waals surface area contributed by atoms with Gasteiger partial charge < -0.3 is 4.74 Å². The van der Waals surface area contributed by atoms with Gasteiger partial charge in [-0.05, 0) is 37.1 Å². The molecular formula is C16H25NO2. The molecule has 0 saturated carbocycles. The van der Waals surface area contributed by atoms with Crippen LogP contribution < -0.4 is 0 Å². The zero-order valence-electron chi connectivity index (χ0n) is 12.9. The number of likely N-dealkylation sites (N-methyl/N-ethyl adjacent to an activating group) is 1. The Morgan fingerprint density at radius 2 is 1.95 bits per heavy atom. The fourth-order valence-electron chi connectivity index (χ4n) is 2.84. The highest BCUT2D eigenvalue weighted by Gasteiger charge is 2.38. The van der Waals surface area contributed by atoms with Crippen LogP contribution in [-0.2, 0) is 9.53 Å². The maximum atomic E-state index is 12.3. The van der Waals surface area contributed by atoms with Crippen LogP contribution in [0.2, 0.25) is 0 Å². The molecule has 2 aliphatic rings. The Morgan fingerprint density at radius 1 is 1.32 bits per heavy atom. The van der Waals surface area contributed by atoms with Crippen LogP contribution in [0.15, 0.2) is 23.0 Å². The molecule has 106 valence electrons. The minimum atomic E-state index is -0.0413. The van der Waals surface area contributed by atoms with E-state index in [1.807, 2.05) is 14.1 Å². The van der Waals surface area contributed by atoms with Crippen LogP contribution in [0.3, 0.4) is 0 Å². The molecule has 0 fully saturated rings. The molecule has 3 nitrogen and oxygen atoms in total. The summed E-state index contributed by atoms with van der Waals surface area (Å²) in [6.07, 6.45) is 3.50. The topological polar surface area (TPSA) is 29.5 Å². The van der Waals surface area contributed by atoms with E-state index in [-0.39, 0.29) is 17.4 Å². The highest BCUT2D eigenvalue weighted by molar-refractivity contribution is 6.00. The Balaban J connectivity index is 2.42. The van der Waals surface area contributed by atoms with Gasteiger partial charge in [-0.2, -0.15) is 0 Å². The lowest BCUT2D eigenvalue weighted by Gasteiger charge is -2.39. The van der Waals surface area contributed by atoms with E-state index < -0.39 is 0 Å². The van der Waals surface area contributed by atoms with Gasteiger partial charge >= 0.3 is 0 Å². The van der Waals surface area contributed by atoms with E-state index in [9.17, 15) is 4.79 Å². The number of hydrogen-bond acceptors (Lipinski definition) is 3. The Morgan fingerprint density at radius 3 is 2.47 bits per heavy atom. The van der Waals surface area contributed by atoms with Crippen LogP contribution in [0.5, 0.6) is 0 Å². The van der Waals surface area contributed by atoms with Gasteiger partial charge in [0.1, 0.15) is 5.76 Å². The predicted octanol–water partition coefficient (Wildman–Crippen LogP) is 3.13. The smallest absolute Gasteiger partial charge is 0.174 e. The summed E-state index contributed by atoms with van der Waals surface area (Å²) in [5.41, 5.74) is 2.01. The molecule has 0 N–H and O–H groups in total. The monoisotopic (exact) mass is 263 g/mol. The molecule has 0 saturated heterocycles. The van der Waals surface area contributed by atoms with Crippen molar-refractivity contribution < 1.29 is 9.53 Å². The minimum absolute atomic E-state index is 0.00987. The number of nitrogens with zero attached hydrogens (tertiary/aromatic N) is 1. The Kier molecular flexibility index (Phi) is 3.61. The maximum absolute atomic E-state index is 12.3. The van der Waals surface area contributed by atoms with Crippen LogP contribution in [0.1, 0.15) is 40.5 Å². The van der Waals surface area contributed by atoms with E-state index in [0.29, 0.717) is 12.3 Å². The fourth-order valence-corrected chi connectivity index (χ4v) is 2.84. The molecule has 1 heterocycles. The van der Waals surface area contributed by atoms with Crippen LogP contribution >= 0.6 is 0 Å². The van der Waals surface area contributed by atoms with Crippen molar-refractivity contribution in [3.8, 4) is 0 Å². The normalized spacial score (nSPS) is 26.4. The second kappa shape index (κ2) is 4.78. The van der Waals surface area contributed by atoms with Gasteiger partial charge in [-0.1, -0.05) is 27.7 Å². The summed E-state index contributed by atoms with van der Waals surface area (Å²) in [6.45, 7) is 8.55. The van der Waals surface area contributed by atoms with Gasteiger partial charge in [-0.3, -0.25) is 9.69 Å². The molecule has 0 unspecified atom stereocenters. The Bertz CT molecular complexity index is 455. The first-order chi connectivity index (χ1) is 8.71. The molecule has 3 heteroatoms. The van der Waals surface area contributed by atoms with Crippen molar-refractivity contribution in [1.82, 2.24) is 4.90 Å². The molecule has 2 rings (SSSR count). The van der Waals surface area contributed by atoms with Crippen LogP contribution in [0.4, 0.5) is 0 Å². The quantitative estimate of drug-likeness (QED) is 0.766. The first-order valence-corrected chi connectivity index (χ1v) is 7.02. The summed E-state index contributed by atoms with van der Waals surface area (Å²) in [5, 5.41) is 0. The number of carbonyl (C=O) groups is 1. The zero-order valence-corrected chi connectivity index (χ0v) is 12.9. The molecule has 0 aromatic carbocycles. The van der Waals surface area contributed by atoms with E-state index in [1.54, 1.807) is 0 Å². The lowest BCUT2D eigenvalue weighted by molar-refractivity contribution is -0.119. The number of carbonyl (C=O) groups excluding carboxylic acids is 1. The standard InChI is InChI=1S/C16H25NO2/c1-10(2)11-7-12-13(18)8-16(3,4)9-14(12)19-15(11)17(5)6/h7,10,15H,8-9H2,1-6H3/t15-/m1/s1. The molecule has 1 aliphatic carbocycles. The van der Waals surface area contributed by atoms with Gasteiger partial charge in [-0.15, -0.1) is 0 Å². The van der Waals surface area contributed by atoms with Crippen LogP contribution in [0.25, 0.3) is 0 Å². The largest absolute Gasteiger partial charge is 0.475 e. The average molecular weight is 263 g/mol. The third-order valence-corrected chi connectivity index (χ3v) is 3.86. The van der Waals surface area contributed by atoms with E-state index in [4.69, 9.17) is 4.74 Å².